The first-order valence-electron chi connectivity index (χ1n) is 3.52. The van der Waals surface area contributed by atoms with Crippen molar-refractivity contribution in [3.05, 3.63) is 12.2 Å². The van der Waals surface area contributed by atoms with Crippen molar-refractivity contribution in [1.29, 1.82) is 0 Å². The largest absolute Gasteiger partial charge is 0.277 e. The van der Waals surface area contributed by atoms with E-state index in [0.717, 1.165) is 6.42 Å². The summed E-state index contributed by atoms with van der Waals surface area (Å²) in [5.41, 5.74) is 0. The van der Waals surface area contributed by atoms with E-state index in [4.69, 9.17) is 0 Å². The van der Waals surface area contributed by atoms with Crippen molar-refractivity contribution in [1.82, 2.24) is 10.0 Å². The normalized spacial score (nSPS) is 33.1. The summed E-state index contributed by atoms with van der Waals surface area (Å²) in [6.45, 7) is 0. The Hall–Kier alpha value is -1.32. The van der Waals surface area contributed by atoms with Crippen LogP contribution in [0, 0.1) is 0 Å². The lowest BCUT2D eigenvalue weighted by Gasteiger charge is -2.28. The molecule has 58 valence electrons. The molecule has 0 aromatic heterocycles. The highest BCUT2D eigenvalue weighted by Crippen LogP contribution is 2.29. The highest BCUT2D eigenvalue weighted by molar-refractivity contribution is 5.59. The molecule has 2 rings (SSSR count). The third kappa shape index (κ3) is 0.691. The van der Waals surface area contributed by atoms with Crippen molar-refractivity contribution in [2.45, 2.75) is 18.5 Å². The molecule has 0 radical (unpaired) electrons. The van der Waals surface area contributed by atoms with Gasteiger partial charge in [0, 0.05) is 0 Å². The van der Waals surface area contributed by atoms with Gasteiger partial charge in [-0.05, 0) is 6.42 Å². The van der Waals surface area contributed by atoms with Crippen LogP contribution in [0.1, 0.15) is 6.42 Å². The summed E-state index contributed by atoms with van der Waals surface area (Å²) in [5.74, 6) is 0. The van der Waals surface area contributed by atoms with Gasteiger partial charge < -0.3 is 0 Å². The number of carbonyl (C=O) groups excluding carboxylic acids is 2. The average Bonchev–Trinajstić information content (AvgIpc) is 2.60. The first-order valence-corrected chi connectivity index (χ1v) is 3.52. The molecular weight excluding hydrogens is 144 g/mol. The number of amides is 2. The second-order valence-corrected chi connectivity index (χ2v) is 2.73. The van der Waals surface area contributed by atoms with Gasteiger partial charge in [-0.2, -0.15) is 0 Å². The summed E-state index contributed by atoms with van der Waals surface area (Å²) >= 11 is 0. The molecule has 4 nitrogen and oxygen atoms in total. The number of hydrogen-bond acceptors (Lipinski definition) is 2. The van der Waals surface area contributed by atoms with Gasteiger partial charge in [0.05, 0.1) is 12.1 Å². The Morgan fingerprint density at radius 2 is 1.55 bits per heavy atom. The SMILES string of the molecule is O=CN1C2C=CC(C2)N1C=O. The summed E-state index contributed by atoms with van der Waals surface area (Å²) in [7, 11) is 0. The van der Waals surface area contributed by atoms with Gasteiger partial charge in [-0.1, -0.05) is 12.2 Å². The molecule has 2 bridgehead atoms. The van der Waals surface area contributed by atoms with E-state index in [1.165, 1.54) is 10.0 Å². The average molecular weight is 152 g/mol. The molecule has 1 fully saturated rings. The number of hydrogen-bond donors (Lipinski definition) is 0. The summed E-state index contributed by atoms with van der Waals surface area (Å²) in [4.78, 5) is 20.9. The molecule has 1 heterocycles. The minimum Gasteiger partial charge on any atom is -0.277 e. The number of carbonyl (C=O) groups is 2. The Morgan fingerprint density at radius 1 is 1.09 bits per heavy atom. The van der Waals surface area contributed by atoms with Crippen LogP contribution in [-0.2, 0) is 9.59 Å². The smallest absolute Gasteiger partial charge is 0.228 e. The molecule has 11 heavy (non-hydrogen) atoms. The zero-order chi connectivity index (χ0) is 7.84. The number of nitrogens with zero attached hydrogens (tertiary/aromatic N) is 2. The Balaban J connectivity index is 2.27. The molecular formula is C7H8N2O2. The summed E-state index contributed by atoms with van der Waals surface area (Å²) < 4.78 is 0. The van der Waals surface area contributed by atoms with E-state index in [2.05, 4.69) is 0 Å². The molecule has 0 saturated carbocycles. The lowest BCUT2D eigenvalue weighted by molar-refractivity contribution is -0.145. The summed E-state index contributed by atoms with van der Waals surface area (Å²) in [6, 6.07) is 0.227. The van der Waals surface area contributed by atoms with Crippen LogP contribution in [0.5, 0.6) is 0 Å². The maximum Gasteiger partial charge on any atom is 0.228 e. The summed E-state index contributed by atoms with van der Waals surface area (Å²) in [6.07, 6.45) is 6.17. The third-order valence-corrected chi connectivity index (χ3v) is 2.20. The van der Waals surface area contributed by atoms with Crippen LogP contribution in [0.25, 0.3) is 0 Å². The van der Waals surface area contributed by atoms with Crippen molar-refractivity contribution < 1.29 is 9.59 Å². The van der Waals surface area contributed by atoms with Gasteiger partial charge in [0.2, 0.25) is 12.8 Å². The topological polar surface area (TPSA) is 40.6 Å². The molecule has 0 spiro atoms. The van der Waals surface area contributed by atoms with Crippen molar-refractivity contribution >= 4 is 12.8 Å². The Labute approximate surface area is 64.0 Å². The minimum atomic E-state index is 0.114. The second kappa shape index (κ2) is 2.08. The van der Waals surface area contributed by atoms with E-state index in [9.17, 15) is 9.59 Å². The van der Waals surface area contributed by atoms with Gasteiger partial charge >= 0.3 is 0 Å². The molecule has 1 saturated heterocycles. The molecule has 1 aliphatic carbocycles. The second-order valence-electron chi connectivity index (χ2n) is 2.73. The van der Waals surface area contributed by atoms with Crippen molar-refractivity contribution in [3.8, 4) is 0 Å². The van der Waals surface area contributed by atoms with Gasteiger partial charge in [0.1, 0.15) is 0 Å². The minimum absolute atomic E-state index is 0.114. The van der Waals surface area contributed by atoms with Gasteiger partial charge in [-0.25, -0.2) is 10.0 Å². The van der Waals surface area contributed by atoms with Crippen LogP contribution < -0.4 is 0 Å². The lowest BCUT2D eigenvalue weighted by Crippen LogP contribution is -2.43. The van der Waals surface area contributed by atoms with Crippen molar-refractivity contribution in [3.63, 3.8) is 0 Å². The molecule has 2 aliphatic rings. The van der Waals surface area contributed by atoms with Crippen molar-refractivity contribution in [2.24, 2.45) is 0 Å². The molecule has 2 unspecified atom stereocenters. The van der Waals surface area contributed by atoms with Crippen LogP contribution in [0.15, 0.2) is 12.2 Å². The van der Waals surface area contributed by atoms with E-state index < -0.39 is 0 Å². The van der Waals surface area contributed by atoms with E-state index >= 15 is 0 Å². The molecule has 2 amide bonds. The predicted octanol–water partition coefficient (Wildman–Crippen LogP) is -0.471. The monoisotopic (exact) mass is 152 g/mol. The quantitative estimate of drug-likeness (QED) is 0.396. The fraction of sp³-hybridized carbons (Fsp3) is 0.429. The fourth-order valence-electron chi connectivity index (χ4n) is 1.66. The molecule has 1 aliphatic heterocycles. The maximum atomic E-state index is 10.5. The number of fused-ring (bicyclic) bond motifs is 2. The molecule has 0 aromatic rings. The highest BCUT2D eigenvalue weighted by Gasteiger charge is 2.39. The predicted molar refractivity (Wildman–Crippen MR) is 37.1 cm³/mol. The van der Waals surface area contributed by atoms with E-state index in [1.807, 2.05) is 12.2 Å². The van der Waals surface area contributed by atoms with Gasteiger partial charge in [-0.3, -0.25) is 9.59 Å². The molecule has 2 atom stereocenters. The zero-order valence-electron chi connectivity index (χ0n) is 5.88. The van der Waals surface area contributed by atoms with Crippen LogP contribution in [0.3, 0.4) is 0 Å². The first-order chi connectivity index (χ1) is 5.36. The first kappa shape index (κ1) is 6.39. The van der Waals surface area contributed by atoms with Crippen LogP contribution in [0.4, 0.5) is 0 Å². The van der Waals surface area contributed by atoms with Crippen LogP contribution in [0.2, 0.25) is 0 Å². The summed E-state index contributed by atoms with van der Waals surface area (Å²) in [5, 5.41) is 2.86. The van der Waals surface area contributed by atoms with Crippen LogP contribution in [-0.4, -0.2) is 34.9 Å². The highest BCUT2D eigenvalue weighted by atomic mass is 16.2. The Kier molecular flexibility index (Phi) is 1.21. The number of rotatable bonds is 2. The molecule has 4 heteroatoms. The standard InChI is InChI=1S/C7H8N2O2/c10-4-8-6-1-2-7(3-6)9(8)5-11/h1-2,4-7H,3H2. The van der Waals surface area contributed by atoms with E-state index in [1.54, 1.807) is 0 Å². The van der Waals surface area contributed by atoms with Crippen LogP contribution >= 0.6 is 0 Å². The Morgan fingerprint density at radius 3 is 1.91 bits per heavy atom. The van der Waals surface area contributed by atoms with Gasteiger partial charge in [0.25, 0.3) is 0 Å². The zero-order valence-corrected chi connectivity index (χ0v) is 5.88. The third-order valence-electron chi connectivity index (χ3n) is 2.20. The maximum absolute atomic E-state index is 10.5. The molecule has 0 aromatic carbocycles. The van der Waals surface area contributed by atoms with Crippen molar-refractivity contribution in [2.75, 3.05) is 0 Å². The number of hydrazine groups is 1. The van der Waals surface area contributed by atoms with Gasteiger partial charge in [-0.15, -0.1) is 0 Å². The van der Waals surface area contributed by atoms with E-state index in [0.29, 0.717) is 12.8 Å². The lowest BCUT2D eigenvalue weighted by atomic mass is 10.2. The molecule has 0 N–H and O–H groups in total. The van der Waals surface area contributed by atoms with E-state index in [-0.39, 0.29) is 12.1 Å². The van der Waals surface area contributed by atoms with Gasteiger partial charge in [0.15, 0.2) is 0 Å². The fourth-order valence-corrected chi connectivity index (χ4v) is 1.66. The Bertz CT molecular complexity index is 204.